The Morgan fingerprint density at radius 3 is 2.67 bits per heavy atom. The van der Waals surface area contributed by atoms with E-state index in [1.165, 1.54) is 0 Å². The van der Waals surface area contributed by atoms with Crippen LogP contribution in [0.1, 0.15) is 18.1 Å². The molecular weight excluding hydrogens is 290 g/mol. The van der Waals surface area contributed by atoms with Gasteiger partial charge < -0.3 is 10.1 Å². The van der Waals surface area contributed by atoms with Crippen LogP contribution in [0.25, 0.3) is 0 Å². The molecule has 0 radical (unpaired) electrons. The summed E-state index contributed by atoms with van der Waals surface area (Å²) >= 11 is 0. The van der Waals surface area contributed by atoms with E-state index in [0.29, 0.717) is 37.7 Å². The summed E-state index contributed by atoms with van der Waals surface area (Å²) in [4.78, 5) is 2.98. The molecule has 21 heavy (non-hydrogen) atoms. The molecule has 1 aromatic rings. The number of hydrazine groups is 1. The van der Waals surface area contributed by atoms with Gasteiger partial charge in [-0.3, -0.25) is 0 Å². The molecule has 118 valence electrons. The predicted octanol–water partition coefficient (Wildman–Crippen LogP) is 0.630. The van der Waals surface area contributed by atoms with Gasteiger partial charge in [0.25, 0.3) is 10.0 Å². The number of morpholine rings is 1. The third-order valence-electron chi connectivity index (χ3n) is 3.38. The van der Waals surface area contributed by atoms with E-state index in [-0.39, 0.29) is 0 Å². The van der Waals surface area contributed by atoms with Crippen LogP contribution in [0.5, 0.6) is 0 Å². The molecule has 0 spiro atoms. The van der Waals surface area contributed by atoms with Gasteiger partial charge in [-0.2, -0.15) is 0 Å². The highest BCUT2D eigenvalue weighted by Crippen LogP contribution is 2.17. The van der Waals surface area contributed by atoms with Crippen LogP contribution in [0, 0.1) is 6.92 Å². The van der Waals surface area contributed by atoms with Gasteiger partial charge in [0, 0.05) is 19.6 Å². The largest absolute Gasteiger partial charge is 0.379 e. The molecule has 2 rings (SSSR count). The maximum absolute atomic E-state index is 12.5. The standard InChI is InChI=1S/C14H23N3O3S/c1-3-15-11-13-5-4-12(2)14(10-13)21(18,19)16-17-6-8-20-9-7-17/h4-5,10,15-16H,3,6-9,11H2,1-2H3. The molecule has 1 heterocycles. The molecule has 0 unspecified atom stereocenters. The molecule has 6 nitrogen and oxygen atoms in total. The van der Waals surface area contributed by atoms with Gasteiger partial charge in [-0.05, 0) is 30.7 Å². The van der Waals surface area contributed by atoms with Crippen molar-refractivity contribution in [3.05, 3.63) is 29.3 Å². The zero-order chi connectivity index (χ0) is 15.3. The number of rotatable bonds is 6. The van der Waals surface area contributed by atoms with E-state index < -0.39 is 10.0 Å². The Morgan fingerprint density at radius 1 is 1.29 bits per heavy atom. The van der Waals surface area contributed by atoms with E-state index >= 15 is 0 Å². The topological polar surface area (TPSA) is 70.7 Å². The zero-order valence-electron chi connectivity index (χ0n) is 12.6. The monoisotopic (exact) mass is 313 g/mol. The molecule has 1 saturated heterocycles. The lowest BCUT2D eigenvalue weighted by atomic mass is 10.1. The molecule has 0 amide bonds. The van der Waals surface area contributed by atoms with Gasteiger partial charge in [0.2, 0.25) is 0 Å². The quantitative estimate of drug-likeness (QED) is 0.806. The average Bonchev–Trinajstić information content (AvgIpc) is 2.47. The SMILES string of the molecule is CCNCc1ccc(C)c(S(=O)(=O)NN2CCOCC2)c1. The first-order chi connectivity index (χ1) is 10.0. The average molecular weight is 313 g/mol. The van der Waals surface area contributed by atoms with E-state index in [2.05, 4.69) is 10.1 Å². The Morgan fingerprint density at radius 2 is 2.00 bits per heavy atom. The van der Waals surface area contributed by atoms with Crippen LogP contribution in [-0.4, -0.2) is 46.3 Å². The molecule has 0 saturated carbocycles. The van der Waals surface area contributed by atoms with Crippen molar-refractivity contribution >= 4 is 10.0 Å². The lowest BCUT2D eigenvalue weighted by Crippen LogP contribution is -2.48. The first-order valence-corrected chi connectivity index (χ1v) is 8.66. The predicted molar refractivity (Wildman–Crippen MR) is 81.3 cm³/mol. The molecule has 0 bridgehead atoms. The number of hydrogen-bond donors (Lipinski definition) is 2. The van der Waals surface area contributed by atoms with Crippen molar-refractivity contribution in [3.8, 4) is 0 Å². The first-order valence-electron chi connectivity index (χ1n) is 7.18. The van der Waals surface area contributed by atoms with Gasteiger partial charge in [-0.25, -0.2) is 13.4 Å². The molecule has 2 N–H and O–H groups in total. The summed E-state index contributed by atoms with van der Waals surface area (Å²) in [5, 5.41) is 4.89. The van der Waals surface area contributed by atoms with Crippen molar-refractivity contribution in [1.29, 1.82) is 0 Å². The third-order valence-corrected chi connectivity index (χ3v) is 4.90. The molecule has 1 aliphatic rings. The van der Waals surface area contributed by atoms with Gasteiger partial charge in [0.15, 0.2) is 0 Å². The van der Waals surface area contributed by atoms with Crippen LogP contribution >= 0.6 is 0 Å². The fourth-order valence-electron chi connectivity index (χ4n) is 2.19. The van der Waals surface area contributed by atoms with Crippen LogP contribution < -0.4 is 10.1 Å². The summed E-state index contributed by atoms with van der Waals surface area (Å²) in [6.07, 6.45) is 0. The number of benzene rings is 1. The van der Waals surface area contributed by atoms with Gasteiger partial charge in [-0.15, -0.1) is 4.83 Å². The Labute approximate surface area is 126 Å². The van der Waals surface area contributed by atoms with E-state index in [0.717, 1.165) is 17.7 Å². The van der Waals surface area contributed by atoms with E-state index in [1.807, 2.05) is 26.0 Å². The molecule has 0 aliphatic carbocycles. The Balaban J connectivity index is 2.17. The normalized spacial score (nSPS) is 17.0. The van der Waals surface area contributed by atoms with Crippen LogP contribution in [0.2, 0.25) is 0 Å². The van der Waals surface area contributed by atoms with Gasteiger partial charge >= 0.3 is 0 Å². The molecular formula is C14H23N3O3S. The van der Waals surface area contributed by atoms with Crippen LogP contribution in [0.15, 0.2) is 23.1 Å². The maximum Gasteiger partial charge on any atom is 0.253 e. The number of nitrogens with zero attached hydrogens (tertiary/aromatic N) is 1. The fraction of sp³-hybridized carbons (Fsp3) is 0.571. The molecule has 1 fully saturated rings. The van der Waals surface area contributed by atoms with Crippen LogP contribution in [0.3, 0.4) is 0 Å². The van der Waals surface area contributed by atoms with E-state index in [9.17, 15) is 8.42 Å². The van der Waals surface area contributed by atoms with Crippen molar-refractivity contribution in [1.82, 2.24) is 15.2 Å². The van der Waals surface area contributed by atoms with E-state index in [4.69, 9.17) is 4.74 Å². The number of aryl methyl sites for hydroxylation is 1. The molecule has 0 aromatic heterocycles. The van der Waals surface area contributed by atoms with Crippen molar-refractivity contribution in [2.75, 3.05) is 32.8 Å². The summed E-state index contributed by atoms with van der Waals surface area (Å²) in [7, 11) is -3.55. The van der Waals surface area contributed by atoms with Crippen molar-refractivity contribution in [2.24, 2.45) is 0 Å². The highest BCUT2D eigenvalue weighted by atomic mass is 32.2. The van der Waals surface area contributed by atoms with Crippen molar-refractivity contribution in [2.45, 2.75) is 25.3 Å². The highest BCUT2D eigenvalue weighted by molar-refractivity contribution is 7.89. The van der Waals surface area contributed by atoms with Crippen molar-refractivity contribution < 1.29 is 13.2 Å². The number of sulfonamides is 1. The Kier molecular flexibility index (Phi) is 5.72. The van der Waals surface area contributed by atoms with Crippen LogP contribution in [-0.2, 0) is 21.3 Å². The number of nitrogens with one attached hydrogen (secondary N) is 2. The molecule has 1 aromatic carbocycles. The fourth-order valence-corrected chi connectivity index (χ4v) is 3.61. The minimum atomic E-state index is -3.55. The van der Waals surface area contributed by atoms with Crippen molar-refractivity contribution in [3.63, 3.8) is 0 Å². The first kappa shape index (κ1) is 16.4. The minimum Gasteiger partial charge on any atom is -0.379 e. The van der Waals surface area contributed by atoms with Gasteiger partial charge in [-0.1, -0.05) is 19.1 Å². The summed E-state index contributed by atoms with van der Waals surface area (Å²) in [6.45, 7) is 7.56. The number of ether oxygens (including phenoxy) is 1. The lowest BCUT2D eigenvalue weighted by molar-refractivity contribution is 0.0272. The zero-order valence-corrected chi connectivity index (χ0v) is 13.4. The highest BCUT2D eigenvalue weighted by Gasteiger charge is 2.22. The minimum absolute atomic E-state index is 0.337. The lowest BCUT2D eigenvalue weighted by Gasteiger charge is -2.27. The van der Waals surface area contributed by atoms with Gasteiger partial charge in [0.05, 0.1) is 18.1 Å². The second-order valence-electron chi connectivity index (χ2n) is 5.07. The number of hydrogen-bond acceptors (Lipinski definition) is 5. The summed E-state index contributed by atoms with van der Waals surface area (Å²) in [5.74, 6) is 0. The van der Waals surface area contributed by atoms with Gasteiger partial charge in [0.1, 0.15) is 0 Å². The summed E-state index contributed by atoms with van der Waals surface area (Å²) in [6, 6.07) is 5.53. The molecule has 0 atom stereocenters. The summed E-state index contributed by atoms with van der Waals surface area (Å²) < 4.78 is 30.3. The maximum atomic E-state index is 12.5. The molecule has 1 aliphatic heterocycles. The van der Waals surface area contributed by atoms with E-state index in [1.54, 1.807) is 11.1 Å². The van der Waals surface area contributed by atoms with Crippen LogP contribution in [0.4, 0.5) is 0 Å². The Hall–Kier alpha value is -0.990. The second-order valence-corrected chi connectivity index (χ2v) is 6.70. The second kappa shape index (κ2) is 7.33. The smallest absolute Gasteiger partial charge is 0.253 e. The molecule has 7 heteroatoms. The Bertz CT molecular complexity index is 569. The third kappa shape index (κ3) is 4.49. The summed E-state index contributed by atoms with van der Waals surface area (Å²) in [5.41, 5.74) is 1.71.